The van der Waals surface area contributed by atoms with Crippen LogP contribution in [-0.4, -0.2) is 16.8 Å². The molecule has 0 bridgehead atoms. The Labute approximate surface area is 134 Å². The van der Waals surface area contributed by atoms with Crippen molar-refractivity contribution in [2.45, 2.75) is 19.8 Å². The highest BCUT2D eigenvalue weighted by atomic mass is 79.9. The Morgan fingerprint density at radius 2 is 1.90 bits per heavy atom. The van der Waals surface area contributed by atoms with Gasteiger partial charge in [-0.05, 0) is 46.1 Å². The van der Waals surface area contributed by atoms with Crippen LogP contribution in [0.5, 0.6) is 0 Å². The number of halogens is 1. The number of carbonyl (C=O) groups is 2. The van der Waals surface area contributed by atoms with Gasteiger partial charge in [-0.3, -0.25) is 9.59 Å². The van der Waals surface area contributed by atoms with E-state index >= 15 is 0 Å². The summed E-state index contributed by atoms with van der Waals surface area (Å²) in [6, 6.07) is 6.40. The van der Waals surface area contributed by atoms with E-state index in [0.29, 0.717) is 20.9 Å². The maximum absolute atomic E-state index is 12.3. The molecule has 1 aromatic carbocycles. The van der Waals surface area contributed by atoms with E-state index in [2.05, 4.69) is 26.2 Å². The van der Waals surface area contributed by atoms with Crippen molar-refractivity contribution < 1.29 is 9.59 Å². The highest BCUT2D eigenvalue weighted by Crippen LogP contribution is 2.30. The molecule has 0 aliphatic heterocycles. The lowest BCUT2D eigenvalue weighted by molar-refractivity contribution is 0.0997. The molecule has 0 spiro atoms. The van der Waals surface area contributed by atoms with E-state index in [1.54, 1.807) is 24.3 Å². The van der Waals surface area contributed by atoms with Crippen molar-refractivity contribution in [3.8, 4) is 0 Å². The van der Waals surface area contributed by atoms with E-state index in [9.17, 15) is 9.59 Å². The highest BCUT2D eigenvalue weighted by molar-refractivity contribution is 9.11. The molecule has 21 heavy (non-hydrogen) atoms. The molecule has 2 rings (SSSR count). The number of amides is 2. The van der Waals surface area contributed by atoms with Crippen LogP contribution in [0.4, 0.5) is 5.69 Å². The number of primary amides is 1. The first-order chi connectivity index (χ1) is 9.88. The molecule has 1 aromatic heterocycles. The molecule has 5 nitrogen and oxygen atoms in total. The second kappa shape index (κ2) is 6.36. The molecule has 2 aromatic rings. The van der Waals surface area contributed by atoms with Gasteiger partial charge >= 0.3 is 0 Å². The molecule has 2 amide bonds. The molecule has 0 saturated heterocycles. The maximum atomic E-state index is 12.3. The quantitative estimate of drug-likeness (QED) is 0.868. The van der Waals surface area contributed by atoms with Gasteiger partial charge in [-0.15, -0.1) is 11.3 Å². The van der Waals surface area contributed by atoms with Crippen molar-refractivity contribution in [1.82, 2.24) is 4.98 Å². The number of thiazole rings is 1. The van der Waals surface area contributed by atoms with Gasteiger partial charge in [-0.1, -0.05) is 13.8 Å². The number of nitrogens with one attached hydrogen (secondary N) is 1. The molecule has 3 N–H and O–H groups in total. The fourth-order valence-corrected chi connectivity index (χ4v) is 3.26. The number of carbonyl (C=O) groups excluding carboxylic acids is 2. The number of rotatable bonds is 4. The van der Waals surface area contributed by atoms with Crippen LogP contribution in [0.1, 0.15) is 45.5 Å². The molecular formula is C14H14BrN3O2S. The van der Waals surface area contributed by atoms with E-state index in [1.165, 1.54) is 11.3 Å². The van der Waals surface area contributed by atoms with Crippen molar-refractivity contribution in [2.24, 2.45) is 5.73 Å². The van der Waals surface area contributed by atoms with Crippen LogP contribution in [0.25, 0.3) is 0 Å². The summed E-state index contributed by atoms with van der Waals surface area (Å²) in [5.41, 5.74) is 6.57. The monoisotopic (exact) mass is 367 g/mol. The number of hydrogen-bond acceptors (Lipinski definition) is 4. The normalized spacial score (nSPS) is 10.7. The Morgan fingerprint density at radius 3 is 2.43 bits per heavy atom. The topological polar surface area (TPSA) is 85.1 Å². The minimum atomic E-state index is -0.501. The lowest BCUT2D eigenvalue weighted by Gasteiger charge is -2.07. The third kappa shape index (κ3) is 3.68. The van der Waals surface area contributed by atoms with Gasteiger partial charge in [0.05, 0.1) is 0 Å². The van der Waals surface area contributed by atoms with E-state index in [0.717, 1.165) is 4.88 Å². The first kappa shape index (κ1) is 15.7. The molecule has 0 aliphatic carbocycles. The Balaban J connectivity index is 2.20. The maximum Gasteiger partial charge on any atom is 0.275 e. The minimum absolute atomic E-state index is 0.215. The lowest BCUT2D eigenvalue weighted by atomic mass is 10.1. The van der Waals surface area contributed by atoms with Gasteiger partial charge in [0.25, 0.3) is 5.91 Å². The second-order valence-corrected chi connectivity index (χ2v) is 7.04. The summed E-state index contributed by atoms with van der Waals surface area (Å²) in [5.74, 6) is -0.558. The molecule has 0 aliphatic rings. The van der Waals surface area contributed by atoms with Gasteiger partial charge in [0.15, 0.2) is 3.92 Å². The van der Waals surface area contributed by atoms with Gasteiger partial charge in [-0.25, -0.2) is 4.98 Å². The third-order valence-electron chi connectivity index (χ3n) is 2.79. The Morgan fingerprint density at radius 1 is 1.29 bits per heavy atom. The SMILES string of the molecule is CC(C)c1sc(Br)nc1C(=O)Nc1ccc(C(N)=O)cc1. The molecule has 0 unspecified atom stereocenters. The summed E-state index contributed by atoms with van der Waals surface area (Å²) in [6.45, 7) is 4.02. The molecule has 0 radical (unpaired) electrons. The number of nitrogens with two attached hydrogens (primary N) is 1. The lowest BCUT2D eigenvalue weighted by Crippen LogP contribution is -2.15. The zero-order chi connectivity index (χ0) is 15.6. The molecule has 0 fully saturated rings. The van der Waals surface area contributed by atoms with Crippen LogP contribution < -0.4 is 11.1 Å². The summed E-state index contributed by atoms with van der Waals surface area (Å²) >= 11 is 4.76. The first-order valence-corrected chi connectivity index (χ1v) is 7.87. The second-order valence-electron chi connectivity index (χ2n) is 4.73. The van der Waals surface area contributed by atoms with E-state index in [4.69, 9.17) is 5.73 Å². The number of benzene rings is 1. The van der Waals surface area contributed by atoms with E-state index in [-0.39, 0.29) is 11.8 Å². The highest BCUT2D eigenvalue weighted by Gasteiger charge is 2.19. The van der Waals surface area contributed by atoms with Gasteiger partial charge in [-0.2, -0.15) is 0 Å². The average Bonchev–Trinajstić information content (AvgIpc) is 2.82. The molecule has 7 heteroatoms. The average molecular weight is 368 g/mol. The number of aromatic nitrogens is 1. The van der Waals surface area contributed by atoms with Gasteiger partial charge in [0, 0.05) is 16.1 Å². The summed E-state index contributed by atoms with van der Waals surface area (Å²) in [7, 11) is 0. The van der Waals surface area contributed by atoms with Crippen LogP contribution >= 0.6 is 27.3 Å². The van der Waals surface area contributed by atoms with Crippen LogP contribution in [0, 0.1) is 0 Å². The zero-order valence-electron chi connectivity index (χ0n) is 11.5. The standard InChI is InChI=1S/C14H14BrN3O2S/c1-7(2)11-10(18-14(15)21-11)13(20)17-9-5-3-8(4-6-9)12(16)19/h3-7H,1-2H3,(H2,16,19)(H,17,20). The summed E-state index contributed by atoms with van der Waals surface area (Å²) < 4.78 is 0.681. The van der Waals surface area contributed by atoms with Crippen molar-refractivity contribution >= 4 is 44.8 Å². The fraction of sp³-hybridized carbons (Fsp3) is 0.214. The Bertz CT molecular complexity index is 680. The van der Waals surface area contributed by atoms with E-state index < -0.39 is 5.91 Å². The molecular weight excluding hydrogens is 354 g/mol. The van der Waals surface area contributed by atoms with Gasteiger partial charge < -0.3 is 11.1 Å². The van der Waals surface area contributed by atoms with Crippen LogP contribution in [0.3, 0.4) is 0 Å². The Hall–Kier alpha value is -1.73. The summed E-state index contributed by atoms with van der Waals surface area (Å²) in [4.78, 5) is 28.4. The number of hydrogen-bond donors (Lipinski definition) is 2. The predicted molar refractivity (Wildman–Crippen MR) is 86.8 cm³/mol. The zero-order valence-corrected chi connectivity index (χ0v) is 13.9. The summed E-state index contributed by atoms with van der Waals surface area (Å²) in [5, 5.41) is 2.77. The van der Waals surface area contributed by atoms with Crippen LogP contribution in [-0.2, 0) is 0 Å². The fourth-order valence-electron chi connectivity index (χ4n) is 1.77. The molecule has 1 heterocycles. The largest absolute Gasteiger partial charge is 0.366 e. The Kier molecular flexibility index (Phi) is 4.74. The van der Waals surface area contributed by atoms with Crippen LogP contribution in [0.15, 0.2) is 28.2 Å². The smallest absolute Gasteiger partial charge is 0.275 e. The van der Waals surface area contributed by atoms with Crippen molar-refractivity contribution in [1.29, 1.82) is 0 Å². The van der Waals surface area contributed by atoms with Crippen molar-refractivity contribution in [2.75, 3.05) is 5.32 Å². The van der Waals surface area contributed by atoms with Crippen molar-refractivity contribution in [3.05, 3.63) is 44.3 Å². The third-order valence-corrected chi connectivity index (χ3v) is 4.60. The van der Waals surface area contributed by atoms with Crippen molar-refractivity contribution in [3.63, 3.8) is 0 Å². The molecule has 0 saturated carbocycles. The van der Waals surface area contributed by atoms with Crippen LogP contribution in [0.2, 0.25) is 0 Å². The number of anilines is 1. The molecule has 110 valence electrons. The molecule has 0 atom stereocenters. The first-order valence-electron chi connectivity index (χ1n) is 6.26. The number of nitrogens with zero attached hydrogens (tertiary/aromatic N) is 1. The van der Waals surface area contributed by atoms with Gasteiger partial charge in [0.1, 0.15) is 5.69 Å². The minimum Gasteiger partial charge on any atom is -0.366 e. The van der Waals surface area contributed by atoms with E-state index in [1.807, 2.05) is 13.8 Å². The predicted octanol–water partition coefficient (Wildman–Crippen LogP) is 3.38. The summed E-state index contributed by atoms with van der Waals surface area (Å²) in [6.07, 6.45) is 0. The van der Waals surface area contributed by atoms with Gasteiger partial charge in [0.2, 0.25) is 5.91 Å².